The molecule has 0 radical (unpaired) electrons. The smallest absolute Gasteiger partial charge is 0.425 e. The maximum Gasteiger partial charge on any atom is 0.425 e. The summed E-state index contributed by atoms with van der Waals surface area (Å²) in [6.07, 6.45) is 8.66. The van der Waals surface area contributed by atoms with E-state index in [0.717, 1.165) is 11.5 Å². The molecule has 4 nitrogen and oxygen atoms in total. The van der Waals surface area contributed by atoms with Crippen molar-refractivity contribution in [1.29, 1.82) is 0 Å². The van der Waals surface area contributed by atoms with Gasteiger partial charge in [-0.25, -0.2) is 0 Å². The molecule has 4 aromatic carbocycles. The molecule has 3 aliphatic rings. The van der Waals surface area contributed by atoms with Crippen molar-refractivity contribution in [2.24, 2.45) is 0 Å². The number of aromatic nitrogens is 3. The van der Waals surface area contributed by atoms with E-state index in [1.807, 2.05) is 0 Å². The number of hydrogen-bond acceptors (Lipinski definition) is 1. The molecular formula is C31H17N3O+2. The van der Waals surface area contributed by atoms with E-state index in [1.165, 1.54) is 65.6 Å². The van der Waals surface area contributed by atoms with Crippen LogP contribution >= 0.6 is 0 Å². The van der Waals surface area contributed by atoms with Crippen LogP contribution in [-0.2, 0) is 5.66 Å². The molecule has 7 aromatic rings. The third-order valence-electron chi connectivity index (χ3n) is 8.46. The van der Waals surface area contributed by atoms with Crippen molar-refractivity contribution < 1.29 is 13.9 Å². The van der Waals surface area contributed by atoms with Crippen molar-refractivity contribution in [3.63, 3.8) is 0 Å². The van der Waals surface area contributed by atoms with Gasteiger partial charge in [0.1, 0.15) is 11.5 Å². The summed E-state index contributed by atoms with van der Waals surface area (Å²) in [6, 6.07) is 26.5. The highest BCUT2D eigenvalue weighted by atomic mass is 16.5. The predicted molar refractivity (Wildman–Crippen MR) is 135 cm³/mol. The highest BCUT2D eigenvalue weighted by Gasteiger charge is 2.70. The monoisotopic (exact) mass is 447 g/mol. The molecule has 0 fully saturated rings. The zero-order chi connectivity index (χ0) is 22.5. The van der Waals surface area contributed by atoms with Crippen LogP contribution in [0.25, 0.3) is 54.5 Å². The van der Waals surface area contributed by atoms with E-state index in [4.69, 9.17) is 4.74 Å². The average molecular weight is 447 g/mol. The molecule has 10 rings (SSSR count). The number of benzene rings is 4. The van der Waals surface area contributed by atoms with Crippen LogP contribution in [0.15, 0.2) is 97.6 Å². The van der Waals surface area contributed by atoms with Crippen LogP contribution < -0.4 is 13.9 Å². The third-order valence-corrected chi connectivity index (χ3v) is 8.46. The number of hydrogen-bond donors (Lipinski definition) is 1. The predicted octanol–water partition coefficient (Wildman–Crippen LogP) is 5.90. The number of ether oxygens (including phenoxy) is 1. The molecule has 35 heavy (non-hydrogen) atoms. The fourth-order valence-electron chi connectivity index (χ4n) is 7.26. The minimum atomic E-state index is -0.503. The summed E-state index contributed by atoms with van der Waals surface area (Å²) < 4.78 is 11.6. The van der Waals surface area contributed by atoms with Crippen molar-refractivity contribution in [1.82, 2.24) is 4.98 Å². The molecule has 3 aromatic heterocycles. The lowest BCUT2D eigenvalue weighted by Gasteiger charge is -2.25. The molecule has 0 amide bonds. The Hall–Kier alpha value is -4.70. The van der Waals surface area contributed by atoms with Crippen LogP contribution in [0.5, 0.6) is 11.5 Å². The Labute approximate surface area is 199 Å². The first kappa shape index (κ1) is 16.8. The van der Waals surface area contributed by atoms with Gasteiger partial charge in [0, 0.05) is 30.6 Å². The van der Waals surface area contributed by atoms with Crippen LogP contribution in [-0.4, -0.2) is 4.98 Å². The Morgan fingerprint density at radius 3 is 2.40 bits per heavy atom. The number of nitrogens with one attached hydrogen (secondary N) is 1. The molecule has 0 bridgehead atoms. The normalized spacial score (nSPS) is 18.1. The van der Waals surface area contributed by atoms with Gasteiger partial charge in [0.2, 0.25) is 11.2 Å². The lowest BCUT2D eigenvalue weighted by atomic mass is 9.85. The van der Waals surface area contributed by atoms with Gasteiger partial charge >= 0.3 is 5.66 Å². The molecule has 160 valence electrons. The molecule has 0 saturated carbocycles. The Balaban J connectivity index is 1.55. The number of fused-ring (bicyclic) bond motifs is 6. The molecule has 1 unspecified atom stereocenters. The first-order chi connectivity index (χ1) is 17.4. The molecule has 3 aliphatic heterocycles. The Morgan fingerprint density at radius 2 is 1.49 bits per heavy atom. The number of rotatable bonds is 0. The van der Waals surface area contributed by atoms with Gasteiger partial charge in [0.25, 0.3) is 0 Å². The van der Waals surface area contributed by atoms with Gasteiger partial charge in [-0.2, -0.15) is 0 Å². The van der Waals surface area contributed by atoms with Crippen LogP contribution in [0.3, 0.4) is 0 Å². The van der Waals surface area contributed by atoms with Crippen molar-refractivity contribution in [2.75, 3.05) is 0 Å². The van der Waals surface area contributed by atoms with Gasteiger partial charge in [-0.3, -0.25) is 0 Å². The van der Waals surface area contributed by atoms with E-state index in [0.29, 0.717) is 0 Å². The third kappa shape index (κ3) is 1.59. The van der Waals surface area contributed by atoms with E-state index in [1.54, 1.807) is 0 Å². The number of nitrogens with zero attached hydrogens (tertiary/aromatic N) is 2. The molecule has 0 aliphatic carbocycles. The first-order valence-electron chi connectivity index (χ1n) is 12.0. The topological polar surface area (TPSA) is 32.8 Å². The zero-order valence-corrected chi connectivity index (χ0v) is 18.5. The summed E-state index contributed by atoms with van der Waals surface area (Å²) in [7, 11) is 0. The molecule has 6 heterocycles. The van der Waals surface area contributed by atoms with Crippen molar-refractivity contribution >= 4 is 43.2 Å². The lowest BCUT2D eigenvalue weighted by molar-refractivity contribution is -0.950. The summed E-state index contributed by atoms with van der Waals surface area (Å²) in [5.41, 5.74) is 5.71. The quantitative estimate of drug-likeness (QED) is 0.228. The zero-order valence-electron chi connectivity index (χ0n) is 18.5. The van der Waals surface area contributed by atoms with Gasteiger partial charge in [0.15, 0.2) is 23.5 Å². The van der Waals surface area contributed by atoms with E-state index in [-0.39, 0.29) is 0 Å². The van der Waals surface area contributed by atoms with Crippen LogP contribution in [0.2, 0.25) is 0 Å². The van der Waals surface area contributed by atoms with Gasteiger partial charge < -0.3 is 9.72 Å². The highest BCUT2D eigenvalue weighted by Crippen LogP contribution is 2.57. The van der Waals surface area contributed by atoms with E-state index >= 15 is 0 Å². The van der Waals surface area contributed by atoms with Crippen LogP contribution in [0, 0.1) is 0 Å². The maximum absolute atomic E-state index is 6.65. The molecule has 4 heteroatoms. The fourth-order valence-corrected chi connectivity index (χ4v) is 7.26. The van der Waals surface area contributed by atoms with Crippen molar-refractivity contribution in [2.45, 2.75) is 5.66 Å². The Kier molecular flexibility index (Phi) is 2.49. The Morgan fingerprint density at radius 1 is 0.657 bits per heavy atom. The van der Waals surface area contributed by atoms with Gasteiger partial charge in [-0.15, -0.1) is 9.13 Å². The van der Waals surface area contributed by atoms with Crippen LogP contribution in [0.4, 0.5) is 0 Å². The molecular weight excluding hydrogens is 430 g/mol. The minimum absolute atomic E-state index is 0.503. The SMILES string of the molecule is c1cc2c3c(c1)-c1cccc[n+]1C31c3c(ccc4c5cc6c[nH]cc6cc5c5ccc[n+]1c5c34)O2. The average Bonchev–Trinajstić information content (AvgIpc) is 3.58. The fraction of sp³-hybridized carbons (Fsp3) is 0.0323. The summed E-state index contributed by atoms with van der Waals surface area (Å²) >= 11 is 0. The molecule has 1 atom stereocenters. The number of aromatic amines is 1. The van der Waals surface area contributed by atoms with Crippen LogP contribution in [0.1, 0.15) is 11.1 Å². The second-order valence-corrected chi connectivity index (χ2v) is 9.89. The summed E-state index contributed by atoms with van der Waals surface area (Å²) in [4.78, 5) is 3.28. The molecule has 0 saturated heterocycles. The number of pyridine rings is 2. The Bertz CT molecular complexity index is 2160. The standard InChI is InChI=1S/C31H16N3O/c1-2-11-33-24(7-1)21-5-3-8-25-28(21)31(33)29-26(35-25)10-9-19-22-13-17-15-32-16-18(17)14-23(22)20-6-4-12-34(31)30(20)27(19)29/h1-16H/q+1/p+1. The lowest BCUT2D eigenvalue weighted by Crippen LogP contribution is -2.71. The maximum atomic E-state index is 6.65. The van der Waals surface area contributed by atoms with Gasteiger partial charge in [-0.05, 0) is 75.5 Å². The summed E-state index contributed by atoms with van der Waals surface area (Å²) in [6.45, 7) is 0. The van der Waals surface area contributed by atoms with E-state index < -0.39 is 5.66 Å². The van der Waals surface area contributed by atoms with E-state index in [2.05, 4.69) is 112 Å². The first-order valence-corrected chi connectivity index (χ1v) is 12.0. The second-order valence-electron chi connectivity index (χ2n) is 9.89. The summed E-state index contributed by atoms with van der Waals surface area (Å²) in [5, 5.41) is 8.89. The largest absolute Gasteiger partial charge is 0.456 e. The van der Waals surface area contributed by atoms with Crippen molar-refractivity contribution in [3.05, 3.63) is 109 Å². The molecule has 1 N–H and O–H groups in total. The van der Waals surface area contributed by atoms with Crippen molar-refractivity contribution in [3.8, 4) is 22.8 Å². The second kappa shape index (κ2) is 5.18. The highest BCUT2D eigenvalue weighted by molar-refractivity contribution is 6.27. The van der Waals surface area contributed by atoms with E-state index in [9.17, 15) is 0 Å². The number of H-pyrrole nitrogens is 1. The molecule has 1 spiro atoms. The van der Waals surface area contributed by atoms with Gasteiger partial charge in [-0.1, -0.05) is 6.07 Å². The summed E-state index contributed by atoms with van der Waals surface area (Å²) in [5.74, 6) is 1.88. The van der Waals surface area contributed by atoms with Gasteiger partial charge in [0.05, 0.1) is 16.3 Å². The minimum Gasteiger partial charge on any atom is -0.456 e.